The number of anilines is 1. The Morgan fingerprint density at radius 2 is 1.88 bits per heavy atom. The van der Waals surface area contributed by atoms with Gasteiger partial charge < -0.3 is 15.2 Å². The van der Waals surface area contributed by atoms with Crippen LogP contribution >= 0.6 is 15.9 Å². The Morgan fingerprint density at radius 1 is 1.15 bits per heavy atom. The van der Waals surface area contributed by atoms with Gasteiger partial charge in [0.05, 0.1) is 17.8 Å². The van der Waals surface area contributed by atoms with E-state index in [9.17, 15) is 9.59 Å². The molecule has 1 aliphatic heterocycles. The van der Waals surface area contributed by atoms with E-state index in [2.05, 4.69) is 48.2 Å². The van der Waals surface area contributed by atoms with Gasteiger partial charge in [-0.15, -0.1) is 6.58 Å². The van der Waals surface area contributed by atoms with Crippen molar-refractivity contribution in [3.8, 4) is 11.4 Å². The Bertz CT molecular complexity index is 1150. The molecule has 0 spiro atoms. The van der Waals surface area contributed by atoms with Crippen molar-refractivity contribution < 1.29 is 14.1 Å². The van der Waals surface area contributed by atoms with E-state index in [1.807, 2.05) is 24.3 Å². The summed E-state index contributed by atoms with van der Waals surface area (Å²) in [6.07, 6.45) is 3.04. The smallest absolute Gasteiger partial charge is 0.253 e. The quantitative estimate of drug-likeness (QED) is 0.427. The van der Waals surface area contributed by atoms with Crippen molar-refractivity contribution in [1.29, 1.82) is 0 Å². The number of aromatic nitrogens is 2. The lowest BCUT2D eigenvalue weighted by molar-refractivity contribution is -0.121. The number of benzene rings is 2. The van der Waals surface area contributed by atoms with Crippen molar-refractivity contribution in [3.63, 3.8) is 0 Å². The summed E-state index contributed by atoms with van der Waals surface area (Å²) in [5.74, 6) is 0.681. The summed E-state index contributed by atoms with van der Waals surface area (Å²) in [5, 5.41) is 9.77. The van der Waals surface area contributed by atoms with Crippen LogP contribution in [0.4, 0.5) is 5.69 Å². The van der Waals surface area contributed by atoms with Gasteiger partial charge in [0, 0.05) is 22.5 Å². The normalized spacial score (nSPS) is 14.5. The van der Waals surface area contributed by atoms with Gasteiger partial charge in [-0.1, -0.05) is 39.3 Å². The van der Waals surface area contributed by atoms with Crippen LogP contribution in [0.25, 0.3) is 11.4 Å². The molecule has 1 saturated heterocycles. The molecule has 1 fully saturated rings. The molecule has 0 aliphatic carbocycles. The first-order chi connectivity index (χ1) is 16.5. The number of carbonyl (C=O) groups is 2. The second-order valence-electron chi connectivity index (χ2n) is 8.10. The Morgan fingerprint density at radius 3 is 2.62 bits per heavy atom. The highest BCUT2D eigenvalue weighted by atomic mass is 79.9. The number of para-hydroxylation sites is 1. The van der Waals surface area contributed by atoms with E-state index in [1.165, 1.54) is 0 Å². The predicted molar refractivity (Wildman–Crippen MR) is 133 cm³/mol. The van der Waals surface area contributed by atoms with Crippen molar-refractivity contribution in [2.24, 2.45) is 5.92 Å². The first-order valence-electron chi connectivity index (χ1n) is 11.1. The molecule has 34 heavy (non-hydrogen) atoms. The maximum atomic E-state index is 12.9. The third-order valence-corrected chi connectivity index (χ3v) is 6.25. The molecule has 1 aliphatic rings. The van der Waals surface area contributed by atoms with Crippen LogP contribution in [0.15, 0.2) is 70.2 Å². The summed E-state index contributed by atoms with van der Waals surface area (Å²) in [6, 6.07) is 14.8. The Kier molecular flexibility index (Phi) is 7.87. The van der Waals surface area contributed by atoms with Crippen LogP contribution in [0.5, 0.6) is 0 Å². The zero-order valence-electron chi connectivity index (χ0n) is 18.7. The van der Waals surface area contributed by atoms with Gasteiger partial charge in [-0.3, -0.25) is 14.5 Å². The predicted octanol–water partition coefficient (Wildman–Crippen LogP) is 4.27. The molecule has 2 N–H and O–H groups in total. The molecule has 0 bridgehead atoms. The van der Waals surface area contributed by atoms with Gasteiger partial charge in [0.1, 0.15) is 0 Å². The number of hydrogen-bond donors (Lipinski definition) is 2. The highest BCUT2D eigenvalue weighted by Crippen LogP contribution is 2.24. The van der Waals surface area contributed by atoms with Gasteiger partial charge >= 0.3 is 0 Å². The largest absolute Gasteiger partial charge is 0.349 e. The first kappa shape index (κ1) is 23.8. The van der Waals surface area contributed by atoms with E-state index in [0.717, 1.165) is 23.1 Å². The average Bonchev–Trinajstić information content (AvgIpc) is 3.32. The van der Waals surface area contributed by atoms with Crippen LogP contribution in [0.3, 0.4) is 0 Å². The molecule has 8 nitrogen and oxygen atoms in total. The fourth-order valence-electron chi connectivity index (χ4n) is 3.86. The van der Waals surface area contributed by atoms with Crippen LogP contribution in [-0.2, 0) is 11.3 Å². The fourth-order valence-corrected chi connectivity index (χ4v) is 4.13. The van der Waals surface area contributed by atoms with Crippen molar-refractivity contribution in [2.45, 2.75) is 19.4 Å². The van der Waals surface area contributed by atoms with Gasteiger partial charge in [-0.25, -0.2) is 0 Å². The number of amides is 2. The van der Waals surface area contributed by atoms with Gasteiger partial charge in [-0.05, 0) is 62.3 Å². The number of nitrogens with one attached hydrogen (secondary N) is 2. The van der Waals surface area contributed by atoms with E-state index >= 15 is 0 Å². The molecule has 0 atom stereocenters. The minimum atomic E-state index is -0.243. The molecule has 176 valence electrons. The minimum absolute atomic E-state index is 0.0704. The topological polar surface area (TPSA) is 100 Å². The number of nitrogens with zero attached hydrogens (tertiary/aromatic N) is 3. The van der Waals surface area contributed by atoms with Gasteiger partial charge in [0.25, 0.3) is 5.91 Å². The average molecular weight is 524 g/mol. The molecule has 0 unspecified atom stereocenters. The Labute approximate surface area is 206 Å². The number of piperidine rings is 1. The Hall–Kier alpha value is -3.30. The van der Waals surface area contributed by atoms with Crippen molar-refractivity contribution >= 4 is 33.4 Å². The number of halogens is 1. The Balaban J connectivity index is 1.30. The molecular formula is C25H26BrN5O3. The maximum Gasteiger partial charge on any atom is 0.253 e. The maximum absolute atomic E-state index is 12.9. The number of hydrogen-bond acceptors (Lipinski definition) is 6. The lowest BCUT2D eigenvalue weighted by atomic mass is 9.95. The second kappa shape index (κ2) is 11.2. The summed E-state index contributed by atoms with van der Waals surface area (Å²) in [6.45, 7) is 6.01. The van der Waals surface area contributed by atoms with Crippen molar-refractivity contribution in [1.82, 2.24) is 20.4 Å². The summed E-state index contributed by atoms with van der Waals surface area (Å²) >= 11 is 3.42. The van der Waals surface area contributed by atoms with Gasteiger partial charge in [0.2, 0.25) is 17.6 Å². The molecule has 4 rings (SSSR count). The third kappa shape index (κ3) is 5.98. The van der Waals surface area contributed by atoms with E-state index < -0.39 is 0 Å². The highest BCUT2D eigenvalue weighted by molar-refractivity contribution is 9.10. The van der Waals surface area contributed by atoms with E-state index in [-0.39, 0.29) is 17.7 Å². The zero-order valence-corrected chi connectivity index (χ0v) is 20.3. The molecular weight excluding hydrogens is 498 g/mol. The molecule has 9 heteroatoms. The monoisotopic (exact) mass is 523 g/mol. The molecule has 2 heterocycles. The van der Waals surface area contributed by atoms with E-state index in [1.54, 1.807) is 30.3 Å². The van der Waals surface area contributed by atoms with Crippen LogP contribution < -0.4 is 10.6 Å². The first-order valence-corrected chi connectivity index (χ1v) is 11.9. The fraction of sp³-hybridized carbons (Fsp3) is 0.280. The lowest BCUT2D eigenvalue weighted by Gasteiger charge is -2.30. The van der Waals surface area contributed by atoms with E-state index in [0.29, 0.717) is 48.9 Å². The molecule has 2 aromatic carbocycles. The molecule has 3 aromatic rings. The van der Waals surface area contributed by atoms with Crippen molar-refractivity contribution in [2.75, 3.05) is 25.0 Å². The number of carbonyl (C=O) groups excluding carboxylic acids is 2. The van der Waals surface area contributed by atoms with Crippen LogP contribution in [0.2, 0.25) is 0 Å². The zero-order chi connectivity index (χ0) is 23.9. The molecule has 0 radical (unpaired) electrons. The summed E-state index contributed by atoms with van der Waals surface area (Å²) in [4.78, 5) is 32.0. The molecule has 1 aromatic heterocycles. The third-order valence-electron chi connectivity index (χ3n) is 5.72. The van der Waals surface area contributed by atoms with Gasteiger partial charge in [0.15, 0.2) is 0 Å². The van der Waals surface area contributed by atoms with E-state index in [4.69, 9.17) is 4.52 Å². The standard InChI is InChI=1S/C25H26BrN5O3/c1-2-13-27-25(33)20-5-3-4-6-21(20)28-24(32)18-11-14-31(15-12-18)16-22-29-23(30-34-22)17-7-9-19(26)10-8-17/h2-10,18H,1,11-16H2,(H,27,33)(H,28,32). The highest BCUT2D eigenvalue weighted by Gasteiger charge is 2.27. The number of rotatable bonds is 8. The summed E-state index contributed by atoms with van der Waals surface area (Å²) < 4.78 is 6.42. The van der Waals surface area contributed by atoms with Gasteiger partial charge in [-0.2, -0.15) is 4.98 Å². The molecule has 0 saturated carbocycles. The summed E-state index contributed by atoms with van der Waals surface area (Å²) in [7, 11) is 0. The lowest BCUT2D eigenvalue weighted by Crippen LogP contribution is -2.38. The minimum Gasteiger partial charge on any atom is -0.349 e. The SMILES string of the molecule is C=CCNC(=O)c1ccccc1NC(=O)C1CCN(Cc2nc(-c3ccc(Br)cc3)no2)CC1. The number of likely N-dealkylation sites (tertiary alicyclic amines) is 1. The van der Waals surface area contributed by atoms with Crippen LogP contribution in [0.1, 0.15) is 29.1 Å². The summed E-state index contributed by atoms with van der Waals surface area (Å²) in [5.41, 5.74) is 1.85. The van der Waals surface area contributed by atoms with Crippen LogP contribution in [0, 0.1) is 5.92 Å². The van der Waals surface area contributed by atoms with Crippen LogP contribution in [-0.4, -0.2) is 46.5 Å². The van der Waals surface area contributed by atoms with Crippen molar-refractivity contribution in [3.05, 3.63) is 77.1 Å². The second-order valence-corrected chi connectivity index (χ2v) is 9.02. The molecule has 2 amide bonds.